The number of nitrogens with zero attached hydrogens (tertiary/aromatic N) is 1. The molecule has 2 saturated heterocycles. The van der Waals surface area contributed by atoms with Gasteiger partial charge in [0, 0.05) is 13.1 Å². The Morgan fingerprint density at radius 2 is 2.11 bits per heavy atom. The molecule has 0 saturated carbocycles. The van der Waals surface area contributed by atoms with E-state index in [1.54, 1.807) is 4.90 Å². The highest BCUT2D eigenvalue weighted by Gasteiger charge is 2.48. The molecule has 3 heteroatoms. The second kappa shape index (κ2) is 1.48. The molecule has 2 heterocycles. The number of likely N-dealkylation sites (tertiary alicyclic amines) is 1. The first-order valence-electron chi connectivity index (χ1n) is 3.12. The van der Waals surface area contributed by atoms with Gasteiger partial charge in [-0.3, -0.25) is 4.79 Å². The first-order chi connectivity index (χ1) is 4.35. The molecule has 2 fully saturated rings. The number of carbonyl (C=O) groups is 1. The van der Waals surface area contributed by atoms with Gasteiger partial charge < -0.3 is 9.64 Å². The second-order valence-electron chi connectivity index (χ2n) is 3.00. The SMILES string of the molecule is O=CN1CC2(COC2)C1. The van der Waals surface area contributed by atoms with E-state index in [0.717, 1.165) is 32.7 Å². The van der Waals surface area contributed by atoms with Gasteiger partial charge in [0.15, 0.2) is 0 Å². The molecular formula is C6H9NO2. The highest BCUT2D eigenvalue weighted by molar-refractivity contribution is 5.49. The monoisotopic (exact) mass is 127 g/mol. The van der Waals surface area contributed by atoms with Gasteiger partial charge in [0.25, 0.3) is 0 Å². The minimum Gasteiger partial charge on any atom is -0.380 e. The summed E-state index contributed by atoms with van der Waals surface area (Å²) < 4.78 is 5.03. The summed E-state index contributed by atoms with van der Waals surface area (Å²) in [4.78, 5) is 11.9. The maximum absolute atomic E-state index is 10.1. The summed E-state index contributed by atoms with van der Waals surface area (Å²) in [5.41, 5.74) is 0.390. The number of rotatable bonds is 1. The summed E-state index contributed by atoms with van der Waals surface area (Å²) >= 11 is 0. The van der Waals surface area contributed by atoms with E-state index >= 15 is 0 Å². The highest BCUT2D eigenvalue weighted by atomic mass is 16.5. The number of carbonyl (C=O) groups excluding carboxylic acids is 1. The van der Waals surface area contributed by atoms with Crippen LogP contribution in [0.5, 0.6) is 0 Å². The van der Waals surface area contributed by atoms with Crippen LogP contribution in [0.25, 0.3) is 0 Å². The van der Waals surface area contributed by atoms with Crippen LogP contribution in [-0.4, -0.2) is 37.6 Å². The van der Waals surface area contributed by atoms with Gasteiger partial charge in [-0.2, -0.15) is 0 Å². The van der Waals surface area contributed by atoms with Crippen molar-refractivity contribution in [3.05, 3.63) is 0 Å². The summed E-state index contributed by atoms with van der Waals surface area (Å²) in [6.45, 7) is 3.54. The van der Waals surface area contributed by atoms with E-state index < -0.39 is 0 Å². The molecule has 50 valence electrons. The van der Waals surface area contributed by atoms with Crippen LogP contribution in [-0.2, 0) is 9.53 Å². The molecule has 0 N–H and O–H groups in total. The van der Waals surface area contributed by atoms with Crippen LogP contribution in [0.3, 0.4) is 0 Å². The molecule has 0 aromatic carbocycles. The van der Waals surface area contributed by atoms with Crippen molar-refractivity contribution >= 4 is 6.41 Å². The van der Waals surface area contributed by atoms with E-state index in [2.05, 4.69) is 0 Å². The Balaban J connectivity index is 1.88. The predicted octanol–water partition coefficient (Wildman–Crippen LogP) is -0.525. The van der Waals surface area contributed by atoms with Crippen LogP contribution in [0, 0.1) is 5.41 Å². The summed E-state index contributed by atoms with van der Waals surface area (Å²) in [5.74, 6) is 0. The standard InChI is InChI=1S/C6H9NO2/c8-5-7-1-6(2-7)3-9-4-6/h5H,1-4H2. The lowest BCUT2D eigenvalue weighted by atomic mass is 9.78. The van der Waals surface area contributed by atoms with Crippen molar-refractivity contribution < 1.29 is 9.53 Å². The molecule has 2 rings (SSSR count). The maximum Gasteiger partial charge on any atom is 0.209 e. The largest absolute Gasteiger partial charge is 0.380 e. The zero-order chi connectivity index (χ0) is 6.32. The highest BCUT2D eigenvalue weighted by Crippen LogP contribution is 2.36. The van der Waals surface area contributed by atoms with Crippen LogP contribution < -0.4 is 0 Å². The first kappa shape index (κ1) is 5.23. The molecule has 0 radical (unpaired) electrons. The summed E-state index contributed by atoms with van der Waals surface area (Å²) in [7, 11) is 0. The molecule has 1 spiro atoms. The molecular weight excluding hydrogens is 118 g/mol. The first-order valence-corrected chi connectivity index (χ1v) is 3.12. The number of hydrogen-bond acceptors (Lipinski definition) is 2. The van der Waals surface area contributed by atoms with Crippen LogP contribution in [0.4, 0.5) is 0 Å². The number of amides is 1. The third-order valence-corrected chi connectivity index (χ3v) is 2.04. The Bertz CT molecular complexity index is 134. The molecule has 3 nitrogen and oxygen atoms in total. The molecule has 2 aliphatic heterocycles. The average molecular weight is 127 g/mol. The van der Waals surface area contributed by atoms with Gasteiger partial charge in [0.2, 0.25) is 6.41 Å². The fourth-order valence-electron chi connectivity index (χ4n) is 1.46. The maximum atomic E-state index is 10.1. The average Bonchev–Trinajstić information content (AvgIpc) is 1.59. The molecule has 0 bridgehead atoms. The van der Waals surface area contributed by atoms with Crippen molar-refractivity contribution in [2.24, 2.45) is 5.41 Å². The molecule has 0 atom stereocenters. The lowest BCUT2D eigenvalue weighted by Crippen LogP contribution is -2.65. The number of hydrogen-bond donors (Lipinski definition) is 0. The quantitative estimate of drug-likeness (QED) is 0.443. The molecule has 0 aromatic rings. The third kappa shape index (κ3) is 0.580. The zero-order valence-corrected chi connectivity index (χ0v) is 5.17. The van der Waals surface area contributed by atoms with Crippen LogP contribution in [0.2, 0.25) is 0 Å². The summed E-state index contributed by atoms with van der Waals surface area (Å²) in [5, 5.41) is 0. The van der Waals surface area contributed by atoms with Crippen molar-refractivity contribution in [2.75, 3.05) is 26.3 Å². The van der Waals surface area contributed by atoms with Gasteiger partial charge in [0.05, 0.1) is 18.6 Å². The Kier molecular flexibility index (Phi) is 0.858. The van der Waals surface area contributed by atoms with Crippen molar-refractivity contribution in [3.63, 3.8) is 0 Å². The minimum absolute atomic E-state index is 0.390. The normalized spacial score (nSPS) is 29.1. The molecule has 0 aromatic heterocycles. The number of ether oxygens (including phenoxy) is 1. The van der Waals surface area contributed by atoms with Gasteiger partial charge in [-0.25, -0.2) is 0 Å². The summed E-state index contributed by atoms with van der Waals surface area (Å²) in [6, 6.07) is 0. The van der Waals surface area contributed by atoms with E-state index in [1.807, 2.05) is 0 Å². The molecule has 0 unspecified atom stereocenters. The Morgan fingerprint density at radius 3 is 2.44 bits per heavy atom. The van der Waals surface area contributed by atoms with Crippen LogP contribution in [0.15, 0.2) is 0 Å². The van der Waals surface area contributed by atoms with Gasteiger partial charge in [-0.15, -0.1) is 0 Å². The van der Waals surface area contributed by atoms with Gasteiger partial charge in [0.1, 0.15) is 0 Å². The smallest absolute Gasteiger partial charge is 0.209 e. The summed E-state index contributed by atoms with van der Waals surface area (Å²) in [6.07, 6.45) is 0.906. The van der Waals surface area contributed by atoms with E-state index in [-0.39, 0.29) is 0 Å². The Morgan fingerprint density at radius 1 is 1.44 bits per heavy atom. The second-order valence-corrected chi connectivity index (χ2v) is 3.00. The van der Waals surface area contributed by atoms with E-state index in [1.165, 1.54) is 0 Å². The fourth-order valence-corrected chi connectivity index (χ4v) is 1.46. The van der Waals surface area contributed by atoms with Crippen molar-refractivity contribution in [3.8, 4) is 0 Å². The van der Waals surface area contributed by atoms with Crippen molar-refractivity contribution in [1.29, 1.82) is 0 Å². The lowest BCUT2D eigenvalue weighted by Gasteiger charge is -2.53. The van der Waals surface area contributed by atoms with Crippen LogP contribution >= 0.6 is 0 Å². The fraction of sp³-hybridized carbons (Fsp3) is 0.833. The van der Waals surface area contributed by atoms with E-state index in [4.69, 9.17) is 4.74 Å². The van der Waals surface area contributed by atoms with Gasteiger partial charge >= 0.3 is 0 Å². The van der Waals surface area contributed by atoms with Gasteiger partial charge in [-0.1, -0.05) is 0 Å². The van der Waals surface area contributed by atoms with E-state index in [9.17, 15) is 4.79 Å². The van der Waals surface area contributed by atoms with Crippen LogP contribution in [0.1, 0.15) is 0 Å². The molecule has 9 heavy (non-hydrogen) atoms. The zero-order valence-electron chi connectivity index (χ0n) is 5.17. The predicted molar refractivity (Wildman–Crippen MR) is 30.9 cm³/mol. The topological polar surface area (TPSA) is 29.5 Å². The van der Waals surface area contributed by atoms with Crippen molar-refractivity contribution in [1.82, 2.24) is 4.90 Å². The molecule has 1 amide bonds. The Hall–Kier alpha value is -0.570. The van der Waals surface area contributed by atoms with E-state index in [0.29, 0.717) is 5.41 Å². The minimum atomic E-state index is 0.390. The molecule has 0 aliphatic carbocycles. The lowest BCUT2D eigenvalue weighted by molar-refractivity contribution is -0.188. The van der Waals surface area contributed by atoms with Crippen molar-refractivity contribution in [2.45, 2.75) is 0 Å². The Labute approximate surface area is 53.6 Å². The third-order valence-electron chi connectivity index (χ3n) is 2.04. The van der Waals surface area contributed by atoms with Gasteiger partial charge in [-0.05, 0) is 0 Å². The molecule has 2 aliphatic rings.